The van der Waals surface area contributed by atoms with Gasteiger partial charge in [-0.25, -0.2) is 0 Å². The fourth-order valence-electron chi connectivity index (χ4n) is 2.81. The van der Waals surface area contributed by atoms with Crippen LogP contribution in [0, 0.1) is 5.92 Å². The Morgan fingerprint density at radius 3 is 2.79 bits per heavy atom. The van der Waals surface area contributed by atoms with Gasteiger partial charge in [0.25, 0.3) is 0 Å². The van der Waals surface area contributed by atoms with E-state index in [1.807, 2.05) is 12.1 Å². The van der Waals surface area contributed by atoms with Crippen LogP contribution in [0.3, 0.4) is 0 Å². The molecule has 1 aliphatic heterocycles. The Balaban J connectivity index is 0.00000180. The lowest BCUT2D eigenvalue weighted by Gasteiger charge is -2.38. The van der Waals surface area contributed by atoms with Gasteiger partial charge in [0, 0.05) is 24.7 Å². The van der Waals surface area contributed by atoms with Crippen LogP contribution >= 0.6 is 12.4 Å². The van der Waals surface area contributed by atoms with Gasteiger partial charge in [-0.3, -0.25) is 4.90 Å². The Morgan fingerprint density at radius 1 is 1.37 bits per heavy atom. The summed E-state index contributed by atoms with van der Waals surface area (Å²) in [7, 11) is 1.73. The maximum atomic E-state index is 5.91. The Bertz CT molecular complexity index is 386. The van der Waals surface area contributed by atoms with Crippen LogP contribution < -0.4 is 10.5 Å². The van der Waals surface area contributed by atoms with Crippen LogP contribution in [0.15, 0.2) is 24.3 Å². The molecule has 2 rings (SSSR count). The first-order valence-electron chi connectivity index (χ1n) is 6.80. The van der Waals surface area contributed by atoms with Gasteiger partial charge in [-0.15, -0.1) is 12.4 Å². The minimum Gasteiger partial charge on any atom is -0.496 e. The number of hydrogen-bond acceptors (Lipinski definition) is 3. The van der Waals surface area contributed by atoms with E-state index < -0.39 is 0 Å². The van der Waals surface area contributed by atoms with Crippen molar-refractivity contribution < 1.29 is 4.74 Å². The van der Waals surface area contributed by atoms with Crippen LogP contribution in [0.4, 0.5) is 0 Å². The second-order valence-electron chi connectivity index (χ2n) is 5.30. The van der Waals surface area contributed by atoms with Crippen molar-refractivity contribution in [1.82, 2.24) is 4.90 Å². The highest BCUT2D eigenvalue weighted by Gasteiger charge is 2.25. The molecule has 0 radical (unpaired) electrons. The Morgan fingerprint density at radius 2 is 2.11 bits per heavy atom. The molecule has 4 heteroatoms. The van der Waals surface area contributed by atoms with Gasteiger partial charge < -0.3 is 10.5 Å². The largest absolute Gasteiger partial charge is 0.496 e. The van der Waals surface area contributed by atoms with Crippen LogP contribution in [0.5, 0.6) is 5.75 Å². The van der Waals surface area contributed by atoms with E-state index in [0.29, 0.717) is 6.04 Å². The molecule has 1 saturated heterocycles. The van der Waals surface area contributed by atoms with Gasteiger partial charge in [0.15, 0.2) is 0 Å². The predicted octanol–water partition coefficient (Wildman–Crippen LogP) is 2.68. The van der Waals surface area contributed by atoms with E-state index in [0.717, 1.165) is 31.3 Å². The average Bonchev–Trinajstić information content (AvgIpc) is 2.41. The Labute approximate surface area is 122 Å². The maximum absolute atomic E-state index is 5.91. The molecular formula is C15H25ClN2O. The van der Waals surface area contributed by atoms with Gasteiger partial charge in [-0.1, -0.05) is 25.1 Å². The van der Waals surface area contributed by atoms with Gasteiger partial charge in [0.2, 0.25) is 0 Å². The first-order chi connectivity index (χ1) is 8.74. The number of nitrogens with two attached hydrogens (primary N) is 1. The lowest BCUT2D eigenvalue weighted by atomic mass is 9.92. The van der Waals surface area contributed by atoms with Gasteiger partial charge in [-0.05, 0) is 31.4 Å². The molecule has 1 heterocycles. The molecule has 0 saturated carbocycles. The summed E-state index contributed by atoms with van der Waals surface area (Å²) in [4.78, 5) is 2.50. The molecule has 1 fully saturated rings. The van der Waals surface area contributed by atoms with E-state index in [4.69, 9.17) is 10.5 Å². The normalized spacial score (nSPS) is 23.7. The highest BCUT2D eigenvalue weighted by Crippen LogP contribution is 2.26. The highest BCUT2D eigenvalue weighted by molar-refractivity contribution is 5.85. The summed E-state index contributed by atoms with van der Waals surface area (Å²) in [6, 6.07) is 8.77. The van der Waals surface area contributed by atoms with Gasteiger partial charge in [-0.2, -0.15) is 0 Å². The zero-order chi connectivity index (χ0) is 13.0. The fourth-order valence-corrected chi connectivity index (χ4v) is 2.81. The summed E-state index contributed by atoms with van der Waals surface area (Å²) < 4.78 is 5.42. The van der Waals surface area contributed by atoms with Crippen molar-refractivity contribution in [2.45, 2.75) is 32.4 Å². The van der Waals surface area contributed by atoms with E-state index in [-0.39, 0.29) is 12.4 Å². The summed E-state index contributed by atoms with van der Waals surface area (Å²) in [5.41, 5.74) is 7.16. The SMILES string of the molecule is COc1ccccc1CN1CCC(C)CC1CN.Cl. The summed E-state index contributed by atoms with van der Waals surface area (Å²) in [6.45, 7) is 5.16. The first-order valence-corrected chi connectivity index (χ1v) is 6.80. The number of hydrogen-bond donors (Lipinski definition) is 1. The molecule has 0 amide bonds. The first kappa shape index (κ1) is 16.3. The van der Waals surface area contributed by atoms with Crippen molar-refractivity contribution in [1.29, 1.82) is 0 Å². The second-order valence-corrected chi connectivity index (χ2v) is 5.30. The fraction of sp³-hybridized carbons (Fsp3) is 0.600. The minimum absolute atomic E-state index is 0. The smallest absolute Gasteiger partial charge is 0.123 e. The van der Waals surface area contributed by atoms with Crippen molar-refractivity contribution in [2.24, 2.45) is 11.7 Å². The van der Waals surface area contributed by atoms with Crippen LogP contribution in [0.1, 0.15) is 25.3 Å². The maximum Gasteiger partial charge on any atom is 0.123 e. The summed E-state index contributed by atoms with van der Waals surface area (Å²) in [5, 5.41) is 0. The average molecular weight is 285 g/mol. The minimum atomic E-state index is 0. The van der Waals surface area contributed by atoms with Gasteiger partial charge in [0.1, 0.15) is 5.75 Å². The molecule has 2 N–H and O–H groups in total. The lowest BCUT2D eigenvalue weighted by molar-refractivity contribution is 0.114. The molecule has 1 aliphatic rings. The molecule has 1 aromatic carbocycles. The monoisotopic (exact) mass is 284 g/mol. The summed E-state index contributed by atoms with van der Waals surface area (Å²) in [6.07, 6.45) is 2.48. The molecule has 0 aliphatic carbocycles. The molecule has 3 nitrogen and oxygen atoms in total. The number of halogens is 1. The topological polar surface area (TPSA) is 38.5 Å². The number of likely N-dealkylation sites (tertiary alicyclic amines) is 1. The van der Waals surface area contributed by atoms with Crippen molar-refractivity contribution >= 4 is 12.4 Å². The Hall–Kier alpha value is -0.770. The molecule has 0 spiro atoms. The highest BCUT2D eigenvalue weighted by atomic mass is 35.5. The molecule has 0 bridgehead atoms. The summed E-state index contributed by atoms with van der Waals surface area (Å²) >= 11 is 0. The lowest BCUT2D eigenvalue weighted by Crippen LogP contribution is -2.45. The quantitative estimate of drug-likeness (QED) is 0.924. The van der Waals surface area contributed by atoms with E-state index in [2.05, 4.69) is 24.0 Å². The van der Waals surface area contributed by atoms with Crippen LogP contribution in [0.25, 0.3) is 0 Å². The molecule has 2 atom stereocenters. The van der Waals surface area contributed by atoms with E-state index >= 15 is 0 Å². The molecule has 1 aromatic rings. The number of piperidine rings is 1. The number of rotatable bonds is 4. The predicted molar refractivity (Wildman–Crippen MR) is 81.9 cm³/mol. The summed E-state index contributed by atoms with van der Waals surface area (Å²) in [5.74, 6) is 1.78. The third-order valence-corrected chi connectivity index (χ3v) is 3.94. The molecule has 0 aromatic heterocycles. The van der Waals surface area contributed by atoms with Crippen molar-refractivity contribution in [3.05, 3.63) is 29.8 Å². The van der Waals surface area contributed by atoms with E-state index in [1.54, 1.807) is 7.11 Å². The Kier molecular flexibility index (Phi) is 6.63. The number of nitrogens with zero attached hydrogens (tertiary/aromatic N) is 1. The van der Waals surface area contributed by atoms with Crippen LogP contribution in [-0.2, 0) is 6.54 Å². The number of para-hydroxylation sites is 1. The van der Waals surface area contributed by atoms with E-state index in [9.17, 15) is 0 Å². The van der Waals surface area contributed by atoms with Gasteiger partial charge in [0.05, 0.1) is 7.11 Å². The van der Waals surface area contributed by atoms with Crippen molar-refractivity contribution in [3.8, 4) is 5.75 Å². The number of methoxy groups -OCH3 is 1. The molecule has 19 heavy (non-hydrogen) atoms. The standard InChI is InChI=1S/C15H24N2O.ClH/c1-12-7-8-17(14(9-12)10-16)11-13-5-3-4-6-15(13)18-2;/h3-6,12,14H,7-11,16H2,1-2H3;1H. The number of ether oxygens (including phenoxy) is 1. The third-order valence-electron chi connectivity index (χ3n) is 3.94. The third kappa shape index (κ3) is 4.10. The molecule has 108 valence electrons. The van der Waals surface area contributed by atoms with Gasteiger partial charge >= 0.3 is 0 Å². The number of benzene rings is 1. The zero-order valence-corrected chi connectivity index (χ0v) is 12.7. The van der Waals surface area contributed by atoms with E-state index in [1.165, 1.54) is 18.4 Å². The van der Waals surface area contributed by atoms with Crippen molar-refractivity contribution in [2.75, 3.05) is 20.2 Å². The molecule has 2 unspecified atom stereocenters. The molecular weight excluding hydrogens is 260 g/mol. The zero-order valence-electron chi connectivity index (χ0n) is 11.8. The van der Waals surface area contributed by atoms with Crippen LogP contribution in [-0.4, -0.2) is 31.1 Å². The van der Waals surface area contributed by atoms with Crippen molar-refractivity contribution in [3.63, 3.8) is 0 Å². The second kappa shape index (κ2) is 7.73. The van der Waals surface area contributed by atoms with Crippen LogP contribution in [0.2, 0.25) is 0 Å².